The fraction of sp³-hybridized carbons (Fsp3) is 0.250. The number of esters is 1. The molecular formula is C28H26Cl2N2O8S. The summed E-state index contributed by atoms with van der Waals surface area (Å²) in [6.45, 7) is 6.32. The van der Waals surface area contributed by atoms with Crippen molar-refractivity contribution in [2.45, 2.75) is 33.7 Å². The number of aromatic nitrogens is 1. The van der Waals surface area contributed by atoms with Gasteiger partial charge < -0.3 is 19.7 Å². The first-order valence-corrected chi connectivity index (χ1v) is 13.6. The van der Waals surface area contributed by atoms with Gasteiger partial charge in [0.05, 0.1) is 31.0 Å². The number of carboxylic acid groups (broad SMARTS) is 1. The lowest BCUT2D eigenvalue weighted by atomic mass is 9.95. The average molecular weight is 621 g/mol. The zero-order valence-electron chi connectivity index (χ0n) is 22.7. The molecule has 2 heterocycles. The van der Waals surface area contributed by atoms with Crippen LogP contribution in [0.5, 0.6) is 5.75 Å². The van der Waals surface area contributed by atoms with Gasteiger partial charge in [0.1, 0.15) is 16.4 Å². The number of rotatable bonds is 6. The number of Topliss-reactive ketones (excluding diaryl/α,β-unsaturated/α-hetero) is 1. The summed E-state index contributed by atoms with van der Waals surface area (Å²) in [5.41, 5.74) is 1.55. The largest absolute Gasteiger partial charge is 0.507 e. The van der Waals surface area contributed by atoms with Crippen molar-refractivity contribution >= 4 is 69.1 Å². The highest BCUT2D eigenvalue weighted by Crippen LogP contribution is 2.46. The number of carbonyl (C=O) groups is 4. The molecule has 0 radical (unpaired) electrons. The summed E-state index contributed by atoms with van der Waals surface area (Å²) < 4.78 is 10.4. The van der Waals surface area contributed by atoms with Crippen LogP contribution in [0, 0.1) is 13.8 Å². The van der Waals surface area contributed by atoms with E-state index < -0.39 is 29.7 Å². The highest BCUT2D eigenvalue weighted by atomic mass is 35.5. The number of halogens is 2. The molecule has 1 unspecified atom stereocenters. The number of hydrogen-bond donors (Lipinski definition) is 2. The van der Waals surface area contributed by atoms with Gasteiger partial charge in [0.2, 0.25) is 0 Å². The van der Waals surface area contributed by atoms with Gasteiger partial charge in [0.25, 0.3) is 11.8 Å². The zero-order chi connectivity index (χ0) is 30.6. The van der Waals surface area contributed by atoms with Crippen LogP contribution >= 0.6 is 34.5 Å². The third-order valence-corrected chi connectivity index (χ3v) is 7.52. The lowest BCUT2D eigenvalue weighted by molar-refractivity contribution is -0.134. The maximum absolute atomic E-state index is 13.4. The van der Waals surface area contributed by atoms with E-state index >= 15 is 0 Å². The summed E-state index contributed by atoms with van der Waals surface area (Å²) in [7, 11) is 1.52. The minimum atomic E-state index is -1.13. The molecule has 0 saturated carbocycles. The van der Waals surface area contributed by atoms with Gasteiger partial charge in [-0.2, -0.15) is 0 Å². The van der Waals surface area contributed by atoms with Crippen LogP contribution < -0.4 is 9.64 Å². The minimum absolute atomic E-state index is 0.0867. The van der Waals surface area contributed by atoms with E-state index in [4.69, 9.17) is 42.6 Å². The maximum Gasteiger partial charge on any atom is 0.350 e. The van der Waals surface area contributed by atoms with Crippen LogP contribution in [0.3, 0.4) is 0 Å². The molecule has 0 aliphatic carbocycles. The number of methoxy groups -OCH3 is 1. The number of thiazole rings is 1. The summed E-state index contributed by atoms with van der Waals surface area (Å²) >= 11 is 13.5. The van der Waals surface area contributed by atoms with Crippen LogP contribution in [-0.4, -0.2) is 52.5 Å². The van der Waals surface area contributed by atoms with Crippen molar-refractivity contribution in [2.75, 3.05) is 18.6 Å². The molecule has 0 bridgehead atoms. The number of aliphatic hydroxyl groups is 1. The Hall–Kier alpha value is -3.93. The lowest BCUT2D eigenvalue weighted by Gasteiger charge is -2.24. The molecule has 0 spiro atoms. The zero-order valence-corrected chi connectivity index (χ0v) is 25.0. The molecule has 3 aromatic rings. The Kier molecular flexibility index (Phi) is 10.1. The standard InChI is InChI=1S/C26H22Cl2N2O6S.C2H4O2/c1-5-36-25(34)23-13(3)29-26(37-23)30-20(16-8-7-15(27)11-17(16)28)19(22(32)24(30)33)21(31)14-6-9-18(35-4)12(2)10-14;1-2(3)4/h6-11,20,31H,5H2,1-4H3;1H3,(H,3,4). The van der Waals surface area contributed by atoms with Crippen LogP contribution in [-0.2, 0) is 19.1 Å². The number of ether oxygens (including phenoxy) is 2. The molecule has 13 heteroatoms. The number of aryl methyl sites for hydroxylation is 2. The number of nitrogens with zero attached hydrogens (tertiary/aromatic N) is 2. The Morgan fingerprint density at radius 2 is 1.76 bits per heavy atom. The molecule has 10 nitrogen and oxygen atoms in total. The molecule has 1 fully saturated rings. The van der Waals surface area contributed by atoms with Crippen molar-refractivity contribution in [1.82, 2.24) is 4.98 Å². The monoisotopic (exact) mass is 620 g/mol. The number of aliphatic hydroxyl groups excluding tert-OH is 1. The second-order valence-electron chi connectivity index (χ2n) is 8.67. The number of aliphatic carboxylic acids is 1. The molecule has 1 saturated heterocycles. The summed E-state index contributed by atoms with van der Waals surface area (Å²) in [6, 6.07) is 8.38. The normalized spacial score (nSPS) is 15.8. The number of hydrogen-bond acceptors (Lipinski definition) is 9. The van der Waals surface area contributed by atoms with Crippen LogP contribution in [0.4, 0.5) is 5.13 Å². The summed E-state index contributed by atoms with van der Waals surface area (Å²) in [5, 5.41) is 19.4. The van der Waals surface area contributed by atoms with E-state index in [9.17, 15) is 19.5 Å². The van der Waals surface area contributed by atoms with Gasteiger partial charge in [-0.1, -0.05) is 40.6 Å². The molecule has 216 valence electrons. The van der Waals surface area contributed by atoms with Crippen LogP contribution in [0.1, 0.15) is 51.9 Å². The fourth-order valence-electron chi connectivity index (χ4n) is 4.10. The quantitative estimate of drug-likeness (QED) is 0.147. The number of benzene rings is 2. The molecule has 1 aromatic heterocycles. The average Bonchev–Trinajstić information content (AvgIpc) is 3.40. The molecule has 1 aliphatic rings. The van der Waals surface area contributed by atoms with Crippen molar-refractivity contribution < 1.29 is 38.9 Å². The highest BCUT2D eigenvalue weighted by Gasteiger charge is 2.49. The Bertz CT molecular complexity index is 1560. The molecule has 2 aromatic carbocycles. The van der Waals surface area contributed by atoms with E-state index in [0.717, 1.165) is 28.7 Å². The molecular weight excluding hydrogens is 595 g/mol. The van der Waals surface area contributed by atoms with Crippen LogP contribution in [0.25, 0.3) is 5.76 Å². The van der Waals surface area contributed by atoms with Crippen molar-refractivity contribution in [3.05, 3.63) is 79.3 Å². The SMILES string of the molecule is CC(=O)O.CCOC(=O)c1sc(N2C(=O)C(=O)C(=C(O)c3ccc(OC)c(C)c3)C2c2ccc(Cl)cc2Cl)nc1C. The van der Waals surface area contributed by atoms with Gasteiger partial charge in [-0.3, -0.25) is 19.3 Å². The van der Waals surface area contributed by atoms with Crippen LogP contribution in [0.15, 0.2) is 42.0 Å². The number of ketones is 1. The first-order valence-electron chi connectivity index (χ1n) is 12.1. The van der Waals surface area contributed by atoms with Crippen molar-refractivity contribution in [3.8, 4) is 5.75 Å². The third kappa shape index (κ3) is 6.70. The Morgan fingerprint density at radius 3 is 2.32 bits per heavy atom. The van der Waals surface area contributed by atoms with E-state index in [1.54, 1.807) is 51.1 Å². The summed E-state index contributed by atoms with van der Waals surface area (Å²) in [4.78, 5) is 53.9. The maximum atomic E-state index is 13.4. The van der Waals surface area contributed by atoms with Crippen molar-refractivity contribution in [2.24, 2.45) is 0 Å². The predicted octanol–water partition coefficient (Wildman–Crippen LogP) is 5.97. The van der Waals surface area contributed by atoms with Gasteiger partial charge in [-0.05, 0) is 62.2 Å². The van der Waals surface area contributed by atoms with Crippen molar-refractivity contribution in [3.63, 3.8) is 0 Å². The van der Waals surface area contributed by atoms with Gasteiger partial charge in [-0.15, -0.1) is 0 Å². The molecule has 1 aliphatic heterocycles. The van der Waals surface area contributed by atoms with Crippen LogP contribution in [0.2, 0.25) is 10.0 Å². The minimum Gasteiger partial charge on any atom is -0.507 e. The predicted molar refractivity (Wildman–Crippen MR) is 155 cm³/mol. The number of carboxylic acids is 1. The lowest BCUT2D eigenvalue weighted by Crippen LogP contribution is -2.29. The van der Waals surface area contributed by atoms with Gasteiger partial charge in [0, 0.05) is 22.5 Å². The third-order valence-electron chi connectivity index (χ3n) is 5.82. The molecule has 4 rings (SSSR count). The fourth-order valence-corrected chi connectivity index (χ4v) is 5.60. The van der Waals surface area contributed by atoms with E-state index in [0.29, 0.717) is 27.6 Å². The summed E-state index contributed by atoms with van der Waals surface area (Å²) in [6.07, 6.45) is 0. The van der Waals surface area contributed by atoms with E-state index in [-0.39, 0.29) is 33.0 Å². The highest BCUT2D eigenvalue weighted by molar-refractivity contribution is 7.17. The first-order chi connectivity index (χ1) is 19.3. The molecule has 1 atom stereocenters. The van der Waals surface area contributed by atoms with Gasteiger partial charge >= 0.3 is 11.9 Å². The Labute approximate surface area is 249 Å². The van der Waals surface area contributed by atoms with Gasteiger partial charge in [-0.25, -0.2) is 9.78 Å². The number of amides is 1. The van der Waals surface area contributed by atoms with E-state index in [2.05, 4.69) is 4.98 Å². The summed E-state index contributed by atoms with van der Waals surface area (Å²) in [5.74, 6) is -3.06. The van der Waals surface area contributed by atoms with E-state index in [1.165, 1.54) is 13.2 Å². The topological polar surface area (TPSA) is 143 Å². The number of anilines is 1. The molecule has 2 N–H and O–H groups in total. The Balaban J connectivity index is 0.00000108. The number of carbonyl (C=O) groups excluding carboxylic acids is 3. The van der Waals surface area contributed by atoms with Gasteiger partial charge in [0.15, 0.2) is 5.13 Å². The second kappa shape index (κ2) is 13.2. The van der Waals surface area contributed by atoms with E-state index in [1.807, 2.05) is 0 Å². The van der Waals surface area contributed by atoms with Crippen molar-refractivity contribution in [1.29, 1.82) is 0 Å². The second-order valence-corrected chi connectivity index (χ2v) is 10.5. The first kappa shape index (κ1) is 31.6. The molecule has 41 heavy (non-hydrogen) atoms. The Morgan fingerprint density at radius 1 is 1.10 bits per heavy atom. The smallest absolute Gasteiger partial charge is 0.350 e. The molecule has 1 amide bonds.